The van der Waals surface area contributed by atoms with Gasteiger partial charge in [0.15, 0.2) is 0 Å². The molecule has 0 bridgehead atoms. The van der Waals surface area contributed by atoms with Crippen LogP contribution in [0.25, 0.3) is 0 Å². The third-order valence-corrected chi connectivity index (χ3v) is 2.47. The average Bonchev–Trinajstić information content (AvgIpc) is 2.10. The zero-order chi connectivity index (χ0) is 8.43. The van der Waals surface area contributed by atoms with Crippen molar-refractivity contribution in [3.8, 4) is 0 Å². The van der Waals surface area contributed by atoms with Crippen LogP contribution in [0.1, 0.15) is 26.7 Å². The predicted molar refractivity (Wildman–Crippen MR) is 43.3 cm³/mol. The van der Waals surface area contributed by atoms with Crippen LogP contribution in [0, 0.1) is 11.8 Å². The smallest absolute Gasteiger partial charge is 0.328 e. The Kier molecular flexibility index (Phi) is 2.32. The minimum Gasteiger partial charge on any atom is -0.478 e. The van der Waals surface area contributed by atoms with Crippen LogP contribution in [-0.2, 0) is 4.79 Å². The summed E-state index contributed by atoms with van der Waals surface area (Å²) in [5, 5.41) is 8.47. The molecule has 0 spiro atoms. The van der Waals surface area contributed by atoms with Crippen molar-refractivity contribution in [1.29, 1.82) is 0 Å². The summed E-state index contributed by atoms with van der Waals surface area (Å²) in [4.78, 5) is 10.3. The van der Waals surface area contributed by atoms with Gasteiger partial charge in [-0.25, -0.2) is 4.79 Å². The summed E-state index contributed by atoms with van der Waals surface area (Å²) >= 11 is 0. The van der Waals surface area contributed by atoms with E-state index in [0.29, 0.717) is 11.8 Å². The van der Waals surface area contributed by atoms with E-state index < -0.39 is 5.97 Å². The average molecular weight is 154 g/mol. The Hall–Kier alpha value is -0.790. The molecule has 0 aliphatic heterocycles. The lowest BCUT2D eigenvalue weighted by Crippen LogP contribution is -1.95. The van der Waals surface area contributed by atoms with Crippen LogP contribution in [0.3, 0.4) is 0 Å². The summed E-state index contributed by atoms with van der Waals surface area (Å²) in [5.41, 5.74) is 1.09. The van der Waals surface area contributed by atoms with E-state index >= 15 is 0 Å². The van der Waals surface area contributed by atoms with Gasteiger partial charge in [-0.3, -0.25) is 0 Å². The molecule has 0 aromatic heterocycles. The summed E-state index contributed by atoms with van der Waals surface area (Å²) in [6.45, 7) is 4.35. The molecule has 0 radical (unpaired) electrons. The predicted octanol–water partition coefficient (Wildman–Crippen LogP) is 2.06. The van der Waals surface area contributed by atoms with Gasteiger partial charge in [-0.15, -0.1) is 0 Å². The van der Waals surface area contributed by atoms with E-state index in [9.17, 15) is 4.79 Å². The molecule has 62 valence electrons. The van der Waals surface area contributed by atoms with Crippen LogP contribution < -0.4 is 0 Å². The molecule has 1 rings (SSSR count). The van der Waals surface area contributed by atoms with E-state index in [2.05, 4.69) is 13.8 Å². The summed E-state index contributed by atoms with van der Waals surface area (Å²) < 4.78 is 0. The van der Waals surface area contributed by atoms with Crippen LogP contribution in [0.15, 0.2) is 11.6 Å². The van der Waals surface area contributed by atoms with E-state index in [4.69, 9.17) is 5.11 Å². The Bertz CT molecular complexity index is 182. The van der Waals surface area contributed by atoms with E-state index in [1.807, 2.05) is 0 Å². The van der Waals surface area contributed by atoms with Crippen LogP contribution in [0.5, 0.6) is 0 Å². The molecule has 1 fully saturated rings. The summed E-state index contributed by atoms with van der Waals surface area (Å²) in [5.74, 6) is 0.502. The Labute approximate surface area is 66.9 Å². The van der Waals surface area contributed by atoms with Crippen LogP contribution in [0.4, 0.5) is 0 Å². The molecule has 0 aromatic carbocycles. The first kappa shape index (κ1) is 8.31. The zero-order valence-electron chi connectivity index (χ0n) is 7.00. The van der Waals surface area contributed by atoms with Crippen molar-refractivity contribution in [3.05, 3.63) is 11.6 Å². The van der Waals surface area contributed by atoms with E-state index in [1.54, 1.807) is 0 Å². The van der Waals surface area contributed by atoms with Gasteiger partial charge in [0.25, 0.3) is 0 Å². The molecule has 1 aliphatic rings. The van der Waals surface area contributed by atoms with Gasteiger partial charge < -0.3 is 5.11 Å². The number of carboxylic acids is 1. The molecule has 2 atom stereocenters. The summed E-state index contributed by atoms with van der Waals surface area (Å²) in [7, 11) is 0. The van der Waals surface area contributed by atoms with Crippen LogP contribution >= 0.6 is 0 Å². The lowest BCUT2D eigenvalue weighted by molar-refractivity contribution is -0.131. The molecule has 2 unspecified atom stereocenters. The fourth-order valence-electron chi connectivity index (χ4n) is 1.61. The molecule has 1 N–H and O–H groups in total. The van der Waals surface area contributed by atoms with Gasteiger partial charge in [0.05, 0.1) is 0 Å². The van der Waals surface area contributed by atoms with Crippen molar-refractivity contribution in [2.45, 2.75) is 26.7 Å². The highest BCUT2D eigenvalue weighted by molar-refractivity contribution is 5.80. The number of carboxylic acid groups (broad SMARTS) is 1. The van der Waals surface area contributed by atoms with Crippen molar-refractivity contribution in [2.75, 3.05) is 0 Å². The standard InChI is InChI=1S/C9H14O2/c1-6-3-8(4-7(6)2)5-9(10)11/h5-7H,3-4H2,1-2H3,(H,10,11). The fourth-order valence-corrected chi connectivity index (χ4v) is 1.61. The molecular weight excluding hydrogens is 140 g/mol. The quantitative estimate of drug-likeness (QED) is 0.587. The molecule has 0 heterocycles. The monoisotopic (exact) mass is 154 g/mol. The number of allylic oxidation sites excluding steroid dienone is 1. The first-order valence-electron chi connectivity index (χ1n) is 4.02. The van der Waals surface area contributed by atoms with E-state index in [1.165, 1.54) is 6.08 Å². The molecule has 11 heavy (non-hydrogen) atoms. The van der Waals surface area contributed by atoms with Crippen LogP contribution in [0.2, 0.25) is 0 Å². The maximum atomic E-state index is 10.3. The third kappa shape index (κ3) is 2.07. The van der Waals surface area contributed by atoms with Gasteiger partial charge in [0.1, 0.15) is 0 Å². The third-order valence-electron chi connectivity index (χ3n) is 2.47. The molecule has 0 aromatic rings. The normalized spacial score (nSPS) is 30.5. The highest BCUT2D eigenvalue weighted by Crippen LogP contribution is 2.34. The van der Waals surface area contributed by atoms with E-state index in [0.717, 1.165) is 18.4 Å². The summed E-state index contributed by atoms with van der Waals surface area (Å²) in [6, 6.07) is 0. The summed E-state index contributed by atoms with van der Waals surface area (Å²) in [6.07, 6.45) is 3.29. The first-order chi connectivity index (χ1) is 5.09. The Morgan fingerprint density at radius 2 is 1.91 bits per heavy atom. The lowest BCUT2D eigenvalue weighted by atomic mass is 10.0. The van der Waals surface area contributed by atoms with E-state index in [-0.39, 0.29) is 0 Å². The molecular formula is C9H14O2. The SMILES string of the molecule is CC1CC(=CC(=O)O)CC1C. The number of aliphatic carboxylic acids is 1. The second-order valence-corrected chi connectivity index (χ2v) is 3.50. The fraction of sp³-hybridized carbons (Fsp3) is 0.667. The number of carbonyl (C=O) groups is 1. The van der Waals surface area contributed by atoms with Crippen molar-refractivity contribution < 1.29 is 9.90 Å². The lowest BCUT2D eigenvalue weighted by Gasteiger charge is -2.04. The first-order valence-corrected chi connectivity index (χ1v) is 4.02. The van der Waals surface area contributed by atoms with Crippen molar-refractivity contribution in [3.63, 3.8) is 0 Å². The van der Waals surface area contributed by atoms with Gasteiger partial charge >= 0.3 is 5.97 Å². The molecule has 0 saturated heterocycles. The number of hydrogen-bond donors (Lipinski definition) is 1. The van der Waals surface area contributed by atoms with Crippen LogP contribution in [-0.4, -0.2) is 11.1 Å². The van der Waals surface area contributed by atoms with Gasteiger partial charge in [-0.05, 0) is 24.7 Å². The minimum atomic E-state index is -0.804. The van der Waals surface area contributed by atoms with Crippen molar-refractivity contribution >= 4 is 5.97 Å². The highest BCUT2D eigenvalue weighted by atomic mass is 16.4. The molecule has 1 aliphatic carbocycles. The van der Waals surface area contributed by atoms with Gasteiger partial charge in [0.2, 0.25) is 0 Å². The Morgan fingerprint density at radius 1 is 1.45 bits per heavy atom. The zero-order valence-corrected chi connectivity index (χ0v) is 7.00. The minimum absolute atomic E-state index is 0.653. The van der Waals surface area contributed by atoms with Gasteiger partial charge in [-0.2, -0.15) is 0 Å². The van der Waals surface area contributed by atoms with Gasteiger partial charge in [0, 0.05) is 6.08 Å². The Balaban J connectivity index is 2.60. The molecule has 1 saturated carbocycles. The number of hydrogen-bond acceptors (Lipinski definition) is 1. The number of rotatable bonds is 1. The second kappa shape index (κ2) is 3.07. The second-order valence-electron chi connectivity index (χ2n) is 3.50. The maximum absolute atomic E-state index is 10.3. The molecule has 2 nitrogen and oxygen atoms in total. The molecule has 0 amide bonds. The highest BCUT2D eigenvalue weighted by Gasteiger charge is 2.23. The van der Waals surface area contributed by atoms with Crippen molar-refractivity contribution in [1.82, 2.24) is 0 Å². The topological polar surface area (TPSA) is 37.3 Å². The maximum Gasteiger partial charge on any atom is 0.328 e. The van der Waals surface area contributed by atoms with Crippen molar-refractivity contribution in [2.24, 2.45) is 11.8 Å². The Morgan fingerprint density at radius 3 is 2.27 bits per heavy atom. The largest absolute Gasteiger partial charge is 0.478 e. The molecule has 2 heteroatoms. The van der Waals surface area contributed by atoms with Gasteiger partial charge in [-0.1, -0.05) is 19.4 Å².